The van der Waals surface area contributed by atoms with Crippen LogP contribution in [0.3, 0.4) is 0 Å². The maximum absolute atomic E-state index is 12.4. The van der Waals surface area contributed by atoms with Gasteiger partial charge in [-0.05, 0) is 19.1 Å². The molecule has 2 amide bonds. The number of sulfonamides is 1. The molecule has 26 heavy (non-hydrogen) atoms. The first-order valence-corrected chi connectivity index (χ1v) is 8.70. The second-order valence-electron chi connectivity index (χ2n) is 4.71. The smallest absolute Gasteiger partial charge is 0.335 e. The van der Waals surface area contributed by atoms with Gasteiger partial charge in [0.15, 0.2) is 0 Å². The molecule has 0 saturated heterocycles. The van der Waals surface area contributed by atoms with E-state index in [-0.39, 0.29) is 28.2 Å². The number of benzene rings is 1. The first kappa shape index (κ1) is 19.0. The van der Waals surface area contributed by atoms with E-state index in [9.17, 15) is 13.2 Å². The Kier molecular flexibility index (Phi) is 5.98. The molecule has 0 aliphatic carbocycles. The number of nitrogens with one attached hydrogen (secondary N) is 2. The molecule has 1 aromatic heterocycles. The molecule has 0 bridgehead atoms. The van der Waals surface area contributed by atoms with Gasteiger partial charge >= 0.3 is 6.03 Å². The lowest BCUT2D eigenvalue weighted by molar-refractivity contribution is 0.256. The van der Waals surface area contributed by atoms with Crippen LogP contribution < -0.4 is 19.5 Å². The Morgan fingerprint density at radius 2 is 1.73 bits per heavy atom. The van der Waals surface area contributed by atoms with Gasteiger partial charge < -0.3 is 9.47 Å². The topological polar surface area (TPSA) is 120 Å². The van der Waals surface area contributed by atoms with Crippen LogP contribution in [0.5, 0.6) is 11.8 Å². The van der Waals surface area contributed by atoms with E-state index in [0.29, 0.717) is 0 Å². The van der Waals surface area contributed by atoms with Crippen molar-refractivity contribution in [2.75, 3.05) is 19.5 Å². The van der Waals surface area contributed by atoms with Crippen LogP contribution in [0.4, 0.5) is 10.7 Å². The quantitative estimate of drug-likeness (QED) is 0.756. The lowest BCUT2D eigenvalue weighted by Gasteiger charge is -2.10. The van der Waals surface area contributed by atoms with Crippen molar-refractivity contribution in [2.45, 2.75) is 11.8 Å². The summed E-state index contributed by atoms with van der Waals surface area (Å²) in [6, 6.07) is 6.43. The first-order valence-electron chi connectivity index (χ1n) is 7.22. The maximum atomic E-state index is 12.4. The van der Waals surface area contributed by atoms with Crippen LogP contribution in [-0.2, 0) is 10.0 Å². The minimum Gasteiger partial charge on any atom is -0.481 e. The number of rotatable bonds is 5. The Bertz CT molecular complexity index is 957. The van der Waals surface area contributed by atoms with E-state index < -0.39 is 16.1 Å². The van der Waals surface area contributed by atoms with Gasteiger partial charge in [-0.1, -0.05) is 18.1 Å². The van der Waals surface area contributed by atoms with Gasteiger partial charge in [0.2, 0.25) is 17.7 Å². The van der Waals surface area contributed by atoms with Gasteiger partial charge in [0, 0.05) is 5.56 Å². The highest BCUT2D eigenvalue weighted by Gasteiger charge is 2.21. The zero-order valence-corrected chi connectivity index (χ0v) is 15.0. The highest BCUT2D eigenvalue weighted by molar-refractivity contribution is 7.90. The summed E-state index contributed by atoms with van der Waals surface area (Å²) in [6.45, 7) is 1.58. The van der Waals surface area contributed by atoms with Crippen LogP contribution in [0.15, 0.2) is 35.2 Å². The Balaban J connectivity index is 2.23. The van der Waals surface area contributed by atoms with Crippen molar-refractivity contribution in [2.24, 2.45) is 0 Å². The molecule has 9 nitrogen and oxygen atoms in total. The molecule has 0 saturated carbocycles. The average molecular weight is 376 g/mol. The molecule has 0 radical (unpaired) electrons. The van der Waals surface area contributed by atoms with Crippen LogP contribution in [0, 0.1) is 11.8 Å². The van der Waals surface area contributed by atoms with E-state index in [1.54, 1.807) is 19.1 Å². The molecule has 2 N–H and O–H groups in total. The van der Waals surface area contributed by atoms with Gasteiger partial charge in [-0.2, -0.15) is 9.97 Å². The molecular formula is C16H16N4O5S. The summed E-state index contributed by atoms with van der Waals surface area (Å²) in [7, 11) is -1.39. The summed E-state index contributed by atoms with van der Waals surface area (Å²) in [4.78, 5) is 19.7. The Morgan fingerprint density at radius 1 is 1.12 bits per heavy atom. The summed E-state index contributed by atoms with van der Waals surface area (Å²) in [5.41, 5.74) is 0.273. The van der Waals surface area contributed by atoms with Crippen LogP contribution in [0.1, 0.15) is 12.5 Å². The number of methoxy groups -OCH3 is 2. The minimum absolute atomic E-state index is 0.117. The molecule has 0 aliphatic rings. The molecule has 1 heterocycles. The van der Waals surface area contributed by atoms with Crippen molar-refractivity contribution in [3.05, 3.63) is 35.9 Å². The van der Waals surface area contributed by atoms with Crippen LogP contribution >= 0.6 is 0 Å². The van der Waals surface area contributed by atoms with Gasteiger partial charge in [0.25, 0.3) is 10.0 Å². The van der Waals surface area contributed by atoms with E-state index in [4.69, 9.17) is 9.47 Å². The highest BCUT2D eigenvalue weighted by atomic mass is 32.2. The van der Waals surface area contributed by atoms with Crippen molar-refractivity contribution in [3.8, 4) is 23.6 Å². The summed E-state index contributed by atoms with van der Waals surface area (Å²) in [5.74, 6) is 5.39. The monoisotopic (exact) mass is 376 g/mol. The number of nitrogens with zero attached hydrogens (tertiary/aromatic N) is 2. The fourth-order valence-corrected chi connectivity index (χ4v) is 2.98. The predicted octanol–water partition coefficient (Wildman–Crippen LogP) is 1.38. The SMILES string of the molecule is CC#Cc1ccccc1S(=O)(=O)NC(=O)Nc1nc(OC)cc(OC)n1. The fourth-order valence-electron chi connectivity index (χ4n) is 1.91. The number of carbonyl (C=O) groups is 1. The van der Waals surface area contributed by atoms with Crippen LogP contribution in [0.25, 0.3) is 0 Å². The zero-order valence-electron chi connectivity index (χ0n) is 14.2. The highest BCUT2D eigenvalue weighted by Crippen LogP contribution is 2.18. The molecule has 0 atom stereocenters. The second-order valence-corrected chi connectivity index (χ2v) is 6.36. The van der Waals surface area contributed by atoms with Crippen molar-refractivity contribution in [1.29, 1.82) is 0 Å². The molecule has 136 valence electrons. The summed E-state index contributed by atoms with van der Waals surface area (Å²) >= 11 is 0. The molecule has 2 aromatic rings. The number of carbonyl (C=O) groups excluding carboxylic acids is 1. The number of urea groups is 1. The summed E-state index contributed by atoms with van der Waals surface area (Å²) < 4.78 is 36.7. The van der Waals surface area contributed by atoms with E-state index in [0.717, 1.165) is 0 Å². The number of hydrogen-bond donors (Lipinski definition) is 2. The average Bonchev–Trinajstić information content (AvgIpc) is 2.61. The minimum atomic E-state index is -4.15. The summed E-state index contributed by atoms with van der Waals surface area (Å²) in [5, 5.41) is 2.22. The van der Waals surface area contributed by atoms with Gasteiger partial charge in [0.1, 0.15) is 4.90 Å². The molecule has 10 heteroatoms. The maximum Gasteiger partial charge on any atom is 0.335 e. The molecule has 0 aliphatic heterocycles. The Labute approximate surface area is 150 Å². The second kappa shape index (κ2) is 8.17. The first-order chi connectivity index (χ1) is 12.4. The largest absolute Gasteiger partial charge is 0.481 e. The third kappa shape index (κ3) is 4.61. The molecular weight excluding hydrogens is 360 g/mol. The summed E-state index contributed by atoms with van der Waals surface area (Å²) in [6.07, 6.45) is 0. The van der Waals surface area contributed by atoms with Gasteiger partial charge in [-0.25, -0.2) is 17.9 Å². The van der Waals surface area contributed by atoms with Crippen molar-refractivity contribution in [3.63, 3.8) is 0 Å². The number of anilines is 1. The molecule has 0 fully saturated rings. The van der Waals surface area contributed by atoms with Gasteiger partial charge in [-0.3, -0.25) is 5.32 Å². The lowest BCUT2D eigenvalue weighted by atomic mass is 10.2. The van der Waals surface area contributed by atoms with E-state index in [2.05, 4.69) is 27.1 Å². The lowest BCUT2D eigenvalue weighted by Crippen LogP contribution is -2.35. The third-order valence-corrected chi connectivity index (χ3v) is 4.38. The number of aromatic nitrogens is 2. The number of hydrogen-bond acceptors (Lipinski definition) is 7. The Morgan fingerprint density at radius 3 is 2.31 bits per heavy atom. The number of amides is 2. The third-order valence-electron chi connectivity index (χ3n) is 2.99. The molecule has 0 spiro atoms. The van der Waals surface area contributed by atoms with Crippen LogP contribution in [-0.4, -0.2) is 38.6 Å². The molecule has 1 aromatic carbocycles. The molecule has 0 unspecified atom stereocenters. The van der Waals surface area contributed by atoms with E-state index >= 15 is 0 Å². The van der Waals surface area contributed by atoms with Crippen LogP contribution in [0.2, 0.25) is 0 Å². The van der Waals surface area contributed by atoms with Crippen molar-refractivity contribution < 1.29 is 22.7 Å². The van der Waals surface area contributed by atoms with E-state index in [1.165, 1.54) is 32.4 Å². The van der Waals surface area contributed by atoms with E-state index in [1.807, 2.05) is 4.72 Å². The predicted molar refractivity (Wildman–Crippen MR) is 93.5 cm³/mol. The van der Waals surface area contributed by atoms with Gasteiger partial charge in [-0.15, -0.1) is 5.92 Å². The standard InChI is InChI=1S/C16H16N4O5S/c1-4-7-11-8-5-6-9-12(11)26(22,23)20-16(21)19-15-17-13(24-2)10-14(18-15)25-3/h5-6,8-10H,1-3H3,(H2,17,18,19,20,21). The zero-order chi connectivity index (χ0) is 19.2. The molecule has 2 rings (SSSR count). The Hall–Kier alpha value is -3.32. The fraction of sp³-hybridized carbons (Fsp3) is 0.188. The number of ether oxygens (including phenoxy) is 2. The van der Waals surface area contributed by atoms with Crippen molar-refractivity contribution >= 4 is 22.0 Å². The van der Waals surface area contributed by atoms with Gasteiger partial charge in [0.05, 0.1) is 20.3 Å². The normalized spacial score (nSPS) is 10.3. The van der Waals surface area contributed by atoms with Crippen molar-refractivity contribution in [1.82, 2.24) is 14.7 Å².